The molecule has 45 heavy (non-hydrogen) atoms. The molecule has 0 spiro atoms. The number of ether oxygens (including phenoxy) is 3. The average molecular weight is 637 g/mol. The molecule has 12 nitrogen and oxygen atoms in total. The number of hydrogen-bond donors (Lipinski definition) is 2. The third-order valence-electron chi connectivity index (χ3n) is 6.05. The zero-order chi connectivity index (χ0) is 33.1. The number of nitrogens with one attached hydrogen (secondary N) is 1. The first-order valence-electron chi connectivity index (χ1n) is 13.7. The van der Waals surface area contributed by atoms with Crippen molar-refractivity contribution >= 4 is 12.0 Å². The Balaban J connectivity index is 2.01. The van der Waals surface area contributed by atoms with Gasteiger partial charge < -0.3 is 29.7 Å². The van der Waals surface area contributed by atoms with Gasteiger partial charge in [0, 0.05) is 35.2 Å². The van der Waals surface area contributed by atoms with Crippen molar-refractivity contribution in [3.63, 3.8) is 0 Å². The number of benzene rings is 2. The fraction of sp³-hybridized carbons (Fsp3) is 0.414. The largest absolute Gasteiger partial charge is 0.490 e. The summed E-state index contributed by atoms with van der Waals surface area (Å²) in [6.07, 6.45) is -1.28. The zero-order valence-corrected chi connectivity index (χ0v) is 24.7. The standard InChI is InChI=1S/C29H32F4N6O6/c1-29(2,3)14-22(44-28(34)41)24-23(25(40)36-15-17-6-8-18(30)13-19(17)31)38-26(45-24)16-7-9-20(43-27(32)33)21(12-16)42-11-5-4-10-37-39-35/h6-9,12-13,22,27H,4-5,10-11,14-15H2,1-3H3,(H2,34,41)(H,36,40). The number of carbonyl (C=O) groups is 2. The van der Waals surface area contributed by atoms with Gasteiger partial charge in [0.25, 0.3) is 5.91 Å². The number of alkyl halides is 2. The summed E-state index contributed by atoms with van der Waals surface area (Å²) in [6.45, 7) is 2.33. The van der Waals surface area contributed by atoms with E-state index in [-0.39, 0.29) is 66.1 Å². The minimum absolute atomic E-state index is 0.00881. The highest BCUT2D eigenvalue weighted by molar-refractivity contribution is 5.94. The molecule has 3 N–H and O–H groups in total. The second-order valence-electron chi connectivity index (χ2n) is 10.9. The molecule has 1 atom stereocenters. The van der Waals surface area contributed by atoms with Crippen LogP contribution >= 0.6 is 0 Å². The molecule has 242 valence electrons. The number of rotatable bonds is 15. The van der Waals surface area contributed by atoms with Gasteiger partial charge in [-0.3, -0.25) is 4.79 Å². The molecular weight excluding hydrogens is 604 g/mol. The van der Waals surface area contributed by atoms with E-state index in [2.05, 4.69) is 25.1 Å². The SMILES string of the molecule is CC(C)(C)CC(OC(N)=O)c1oc(-c2ccc(OC(F)F)c(OCCCCN=[N+]=[N-])c2)nc1C(=O)NCc1ccc(F)cc1F. The third-order valence-corrected chi connectivity index (χ3v) is 6.05. The van der Waals surface area contributed by atoms with E-state index in [9.17, 15) is 27.2 Å². The Bertz CT molecular complexity index is 1540. The van der Waals surface area contributed by atoms with Crippen molar-refractivity contribution in [2.75, 3.05) is 13.2 Å². The van der Waals surface area contributed by atoms with Crippen LogP contribution in [0.2, 0.25) is 0 Å². The Labute approximate surface area is 255 Å². The van der Waals surface area contributed by atoms with Gasteiger partial charge in [-0.2, -0.15) is 8.78 Å². The lowest BCUT2D eigenvalue weighted by molar-refractivity contribution is -0.0515. The van der Waals surface area contributed by atoms with Crippen molar-refractivity contribution in [1.82, 2.24) is 10.3 Å². The monoisotopic (exact) mass is 636 g/mol. The van der Waals surface area contributed by atoms with Crippen molar-refractivity contribution in [2.24, 2.45) is 16.3 Å². The molecule has 0 aliphatic rings. The first-order valence-corrected chi connectivity index (χ1v) is 13.7. The maximum absolute atomic E-state index is 14.2. The van der Waals surface area contributed by atoms with Crippen LogP contribution in [0.4, 0.5) is 22.4 Å². The van der Waals surface area contributed by atoms with Crippen LogP contribution in [0.5, 0.6) is 11.5 Å². The van der Waals surface area contributed by atoms with Crippen LogP contribution in [-0.4, -0.2) is 36.7 Å². The van der Waals surface area contributed by atoms with E-state index in [1.165, 1.54) is 24.3 Å². The average Bonchev–Trinajstić information content (AvgIpc) is 3.39. The molecule has 16 heteroatoms. The van der Waals surface area contributed by atoms with Crippen LogP contribution in [0.1, 0.15) is 67.9 Å². The Kier molecular flexibility index (Phi) is 12.0. The lowest BCUT2D eigenvalue weighted by Gasteiger charge is -2.24. The number of amides is 2. The van der Waals surface area contributed by atoms with Crippen molar-refractivity contribution < 1.29 is 45.8 Å². The van der Waals surface area contributed by atoms with Crippen LogP contribution < -0.4 is 20.5 Å². The van der Waals surface area contributed by atoms with Gasteiger partial charge in [-0.05, 0) is 54.5 Å². The Hall–Kier alpha value is -4.98. The van der Waals surface area contributed by atoms with Crippen LogP contribution in [0.25, 0.3) is 21.9 Å². The van der Waals surface area contributed by atoms with Crippen molar-refractivity contribution in [3.05, 3.63) is 75.5 Å². The predicted octanol–water partition coefficient (Wildman–Crippen LogP) is 7.19. The van der Waals surface area contributed by atoms with Gasteiger partial charge in [-0.15, -0.1) is 0 Å². The molecular formula is C29H32F4N6O6. The molecule has 2 amide bonds. The highest BCUT2D eigenvalue weighted by Gasteiger charge is 2.33. The molecule has 0 aliphatic heterocycles. The van der Waals surface area contributed by atoms with Crippen LogP contribution in [0, 0.1) is 17.0 Å². The second-order valence-corrected chi connectivity index (χ2v) is 10.9. The summed E-state index contributed by atoms with van der Waals surface area (Å²) >= 11 is 0. The lowest BCUT2D eigenvalue weighted by Crippen LogP contribution is -2.27. The number of nitrogens with two attached hydrogens (primary N) is 1. The van der Waals surface area contributed by atoms with Crippen LogP contribution in [0.15, 0.2) is 45.9 Å². The molecule has 0 saturated heterocycles. The quantitative estimate of drug-likeness (QED) is 0.0583. The van der Waals surface area contributed by atoms with E-state index in [0.29, 0.717) is 18.9 Å². The summed E-state index contributed by atoms with van der Waals surface area (Å²) in [4.78, 5) is 32.1. The summed E-state index contributed by atoms with van der Waals surface area (Å²) in [7, 11) is 0. The molecule has 0 saturated carbocycles. The van der Waals surface area contributed by atoms with Crippen molar-refractivity contribution in [1.29, 1.82) is 0 Å². The summed E-state index contributed by atoms with van der Waals surface area (Å²) in [5.74, 6) is -3.23. The highest BCUT2D eigenvalue weighted by atomic mass is 19.3. The van der Waals surface area contributed by atoms with E-state index >= 15 is 0 Å². The Morgan fingerprint density at radius 3 is 2.53 bits per heavy atom. The minimum atomic E-state index is -3.15. The first-order chi connectivity index (χ1) is 21.3. The molecule has 3 aromatic rings. The summed E-state index contributed by atoms with van der Waals surface area (Å²) in [6, 6.07) is 6.72. The normalized spacial score (nSPS) is 11.9. The van der Waals surface area contributed by atoms with Gasteiger partial charge in [0.2, 0.25) is 5.89 Å². The van der Waals surface area contributed by atoms with E-state index in [0.717, 1.165) is 6.07 Å². The molecule has 0 bridgehead atoms. The maximum atomic E-state index is 14.2. The van der Waals surface area contributed by atoms with Crippen molar-refractivity contribution in [3.8, 4) is 23.0 Å². The number of aromatic nitrogens is 1. The smallest absolute Gasteiger partial charge is 0.405 e. The van der Waals surface area contributed by atoms with Gasteiger partial charge in [-0.1, -0.05) is 32.0 Å². The molecule has 1 unspecified atom stereocenters. The van der Waals surface area contributed by atoms with E-state index in [1.807, 2.05) is 20.8 Å². The summed E-state index contributed by atoms with van der Waals surface area (Å²) < 4.78 is 75.1. The maximum Gasteiger partial charge on any atom is 0.405 e. The number of halogens is 4. The van der Waals surface area contributed by atoms with E-state index in [1.54, 1.807) is 0 Å². The molecule has 0 aliphatic carbocycles. The van der Waals surface area contributed by atoms with Gasteiger partial charge in [0.1, 0.15) is 11.6 Å². The third kappa shape index (κ3) is 10.6. The van der Waals surface area contributed by atoms with E-state index in [4.69, 9.17) is 25.2 Å². The van der Waals surface area contributed by atoms with Gasteiger partial charge in [-0.25, -0.2) is 18.6 Å². The highest BCUT2D eigenvalue weighted by Crippen LogP contribution is 2.38. The van der Waals surface area contributed by atoms with Gasteiger partial charge in [0.05, 0.1) is 6.61 Å². The number of oxazole rings is 1. The number of hydrogen-bond acceptors (Lipinski definition) is 8. The molecule has 1 heterocycles. The first kappa shape index (κ1) is 34.5. The molecule has 3 rings (SSSR count). The fourth-order valence-corrected chi connectivity index (χ4v) is 4.10. The number of nitrogens with zero attached hydrogens (tertiary/aromatic N) is 4. The van der Waals surface area contributed by atoms with E-state index < -0.39 is 41.8 Å². The number of unbranched alkanes of at least 4 members (excludes halogenated alkanes) is 1. The minimum Gasteiger partial charge on any atom is -0.490 e. The van der Waals surface area contributed by atoms with Crippen LogP contribution in [0.3, 0.4) is 0 Å². The van der Waals surface area contributed by atoms with Crippen LogP contribution in [-0.2, 0) is 11.3 Å². The number of carbonyl (C=O) groups excluding carboxylic acids is 2. The summed E-state index contributed by atoms with van der Waals surface area (Å²) in [5.41, 5.74) is 13.1. The Morgan fingerprint density at radius 1 is 1.13 bits per heavy atom. The fourth-order valence-electron chi connectivity index (χ4n) is 4.10. The lowest BCUT2D eigenvalue weighted by atomic mass is 9.88. The molecule has 1 aromatic heterocycles. The Morgan fingerprint density at radius 2 is 1.89 bits per heavy atom. The molecule has 0 fully saturated rings. The number of azide groups is 1. The van der Waals surface area contributed by atoms with Gasteiger partial charge in [0.15, 0.2) is 29.1 Å². The second kappa shape index (κ2) is 15.7. The topological polar surface area (TPSA) is 175 Å². The zero-order valence-electron chi connectivity index (χ0n) is 24.7. The predicted molar refractivity (Wildman–Crippen MR) is 152 cm³/mol. The summed E-state index contributed by atoms with van der Waals surface area (Å²) in [5, 5.41) is 5.91. The molecule has 2 aromatic carbocycles. The number of primary amides is 1. The van der Waals surface area contributed by atoms with Gasteiger partial charge >= 0.3 is 12.7 Å². The molecule has 0 radical (unpaired) electrons. The van der Waals surface area contributed by atoms with Crippen molar-refractivity contribution in [2.45, 2.75) is 59.3 Å².